The van der Waals surface area contributed by atoms with E-state index in [0.29, 0.717) is 13.0 Å². The van der Waals surface area contributed by atoms with Gasteiger partial charge < -0.3 is 10.0 Å². The fraction of sp³-hybridized carbons (Fsp3) is 0.364. The Labute approximate surface area is 96.8 Å². The largest absolute Gasteiger partial charge is 0.508 e. The topological polar surface area (TPSA) is 40.5 Å². The monoisotopic (exact) mass is 269 g/mol. The number of nitrogens with zero attached hydrogens (tertiary/aromatic N) is 1. The minimum absolute atomic E-state index is 0.0990. The molecule has 4 heteroatoms. The molecule has 0 saturated carbocycles. The van der Waals surface area contributed by atoms with Crippen molar-refractivity contribution in [1.82, 2.24) is 0 Å². The minimum Gasteiger partial charge on any atom is -0.508 e. The maximum Gasteiger partial charge on any atom is 0.228 e. The van der Waals surface area contributed by atoms with E-state index in [1.807, 2.05) is 13.0 Å². The van der Waals surface area contributed by atoms with Gasteiger partial charge in [0.25, 0.3) is 0 Å². The van der Waals surface area contributed by atoms with Crippen molar-refractivity contribution in [3.05, 3.63) is 23.8 Å². The number of rotatable bonds is 1. The van der Waals surface area contributed by atoms with Crippen molar-refractivity contribution in [3.63, 3.8) is 0 Å². The van der Waals surface area contributed by atoms with Crippen LogP contribution in [-0.2, 0) is 4.79 Å². The first-order valence-corrected chi connectivity index (χ1v) is 5.73. The van der Waals surface area contributed by atoms with Gasteiger partial charge in [0.15, 0.2) is 0 Å². The average Bonchev–Trinajstić information content (AvgIpc) is 2.43. The number of carbonyl (C=O) groups excluding carboxylic acids is 1. The number of hydrogen-bond donors (Lipinski definition) is 1. The number of carbonyl (C=O) groups is 1. The molecule has 1 unspecified atom stereocenters. The van der Waals surface area contributed by atoms with Crippen LogP contribution < -0.4 is 4.90 Å². The first kappa shape index (κ1) is 10.5. The van der Waals surface area contributed by atoms with Gasteiger partial charge >= 0.3 is 0 Å². The van der Waals surface area contributed by atoms with Crippen molar-refractivity contribution >= 4 is 27.5 Å². The van der Waals surface area contributed by atoms with Gasteiger partial charge in [-0.25, -0.2) is 0 Å². The fourth-order valence-electron chi connectivity index (χ4n) is 1.81. The van der Waals surface area contributed by atoms with E-state index in [0.717, 1.165) is 11.3 Å². The van der Waals surface area contributed by atoms with Crippen LogP contribution >= 0.6 is 15.9 Å². The molecule has 0 radical (unpaired) electrons. The molecule has 1 aliphatic heterocycles. The summed E-state index contributed by atoms with van der Waals surface area (Å²) >= 11 is 3.43. The van der Waals surface area contributed by atoms with Gasteiger partial charge in [-0.1, -0.05) is 15.9 Å². The van der Waals surface area contributed by atoms with Crippen molar-refractivity contribution < 1.29 is 9.90 Å². The molecule has 1 amide bonds. The van der Waals surface area contributed by atoms with Gasteiger partial charge in [0.1, 0.15) is 5.75 Å². The summed E-state index contributed by atoms with van der Waals surface area (Å²) in [5.74, 6) is 0.303. The van der Waals surface area contributed by atoms with E-state index in [-0.39, 0.29) is 16.5 Å². The van der Waals surface area contributed by atoms with E-state index in [9.17, 15) is 9.90 Å². The van der Waals surface area contributed by atoms with E-state index in [1.54, 1.807) is 17.0 Å². The van der Waals surface area contributed by atoms with Gasteiger partial charge in [-0.05, 0) is 24.6 Å². The Morgan fingerprint density at radius 3 is 2.73 bits per heavy atom. The first-order chi connectivity index (χ1) is 7.06. The molecule has 1 saturated heterocycles. The van der Waals surface area contributed by atoms with E-state index in [1.165, 1.54) is 0 Å². The molecule has 2 rings (SSSR count). The van der Waals surface area contributed by atoms with E-state index in [4.69, 9.17) is 0 Å². The summed E-state index contributed by atoms with van der Waals surface area (Å²) in [5.41, 5.74) is 1.73. The quantitative estimate of drug-likeness (QED) is 0.795. The van der Waals surface area contributed by atoms with Crippen molar-refractivity contribution in [3.8, 4) is 5.75 Å². The number of aryl methyl sites for hydroxylation is 1. The second-order valence-electron chi connectivity index (χ2n) is 3.83. The third kappa shape index (κ3) is 2.15. The Hall–Kier alpha value is -1.03. The van der Waals surface area contributed by atoms with Crippen LogP contribution in [0.15, 0.2) is 18.2 Å². The molecular weight excluding hydrogens is 258 g/mol. The van der Waals surface area contributed by atoms with E-state index in [2.05, 4.69) is 15.9 Å². The number of alkyl halides is 1. The molecular formula is C11H12BrNO2. The number of hydrogen-bond acceptors (Lipinski definition) is 2. The van der Waals surface area contributed by atoms with Gasteiger partial charge in [-0.2, -0.15) is 0 Å². The molecule has 0 spiro atoms. The number of phenols is 1. The highest BCUT2D eigenvalue weighted by Crippen LogP contribution is 2.28. The van der Waals surface area contributed by atoms with Crippen LogP contribution in [0.4, 0.5) is 5.69 Å². The molecule has 80 valence electrons. The molecule has 1 aromatic carbocycles. The number of aromatic hydroxyl groups is 1. The first-order valence-electron chi connectivity index (χ1n) is 4.81. The van der Waals surface area contributed by atoms with Crippen molar-refractivity contribution in [1.29, 1.82) is 0 Å². The zero-order chi connectivity index (χ0) is 11.0. The fourth-order valence-corrected chi connectivity index (χ4v) is 2.38. The highest BCUT2D eigenvalue weighted by atomic mass is 79.9. The second-order valence-corrected chi connectivity index (χ2v) is 5.13. The average molecular weight is 270 g/mol. The molecule has 1 N–H and O–H groups in total. The molecule has 0 aliphatic carbocycles. The highest BCUT2D eigenvalue weighted by molar-refractivity contribution is 9.09. The lowest BCUT2D eigenvalue weighted by Crippen LogP contribution is -2.24. The predicted molar refractivity (Wildman–Crippen MR) is 62.5 cm³/mol. The predicted octanol–water partition coefficient (Wildman–Crippen LogP) is 2.20. The second kappa shape index (κ2) is 3.85. The summed E-state index contributed by atoms with van der Waals surface area (Å²) in [6.45, 7) is 2.57. The molecule has 1 heterocycles. The van der Waals surface area contributed by atoms with E-state index < -0.39 is 0 Å². The Morgan fingerprint density at radius 2 is 2.20 bits per heavy atom. The van der Waals surface area contributed by atoms with Crippen molar-refractivity contribution in [2.45, 2.75) is 18.2 Å². The van der Waals surface area contributed by atoms with Crippen molar-refractivity contribution in [2.75, 3.05) is 11.4 Å². The third-order valence-corrected chi connectivity index (χ3v) is 3.05. The van der Waals surface area contributed by atoms with Gasteiger partial charge in [0.2, 0.25) is 5.91 Å². The normalized spacial score (nSPS) is 21.1. The van der Waals surface area contributed by atoms with Gasteiger partial charge in [-0.3, -0.25) is 4.79 Å². The zero-order valence-electron chi connectivity index (χ0n) is 8.40. The maximum atomic E-state index is 11.6. The molecule has 3 nitrogen and oxygen atoms in total. The van der Waals surface area contributed by atoms with Gasteiger partial charge in [-0.15, -0.1) is 0 Å². The number of benzene rings is 1. The van der Waals surface area contributed by atoms with Crippen LogP contribution in [0.5, 0.6) is 5.75 Å². The van der Waals surface area contributed by atoms with Gasteiger partial charge in [0, 0.05) is 29.5 Å². The number of phenolic OH excluding ortho intramolecular Hbond substituents is 1. The number of anilines is 1. The summed E-state index contributed by atoms with van der Waals surface area (Å²) in [7, 11) is 0. The van der Waals surface area contributed by atoms with Crippen LogP contribution in [0.2, 0.25) is 0 Å². The van der Waals surface area contributed by atoms with Crippen molar-refractivity contribution in [2.24, 2.45) is 0 Å². The smallest absolute Gasteiger partial charge is 0.228 e. The lowest BCUT2D eigenvalue weighted by molar-refractivity contribution is -0.117. The highest BCUT2D eigenvalue weighted by Gasteiger charge is 2.28. The Bertz CT molecular complexity index is 385. The SMILES string of the molecule is Cc1cc(O)cc(N2CC(Br)CC2=O)c1. The van der Waals surface area contributed by atoms with Crippen LogP contribution in [0, 0.1) is 6.92 Å². The molecule has 0 bridgehead atoms. The lowest BCUT2D eigenvalue weighted by atomic mass is 10.2. The summed E-state index contributed by atoms with van der Waals surface area (Å²) in [6.07, 6.45) is 0.523. The molecule has 1 fully saturated rings. The summed E-state index contributed by atoms with van der Waals surface area (Å²) in [6, 6.07) is 5.20. The molecule has 1 aromatic rings. The Kier molecular flexibility index (Phi) is 2.69. The molecule has 15 heavy (non-hydrogen) atoms. The molecule has 0 aromatic heterocycles. The van der Waals surface area contributed by atoms with Crippen LogP contribution in [0.3, 0.4) is 0 Å². The summed E-state index contributed by atoms with van der Waals surface area (Å²) < 4.78 is 0. The van der Waals surface area contributed by atoms with Gasteiger partial charge in [0.05, 0.1) is 0 Å². The number of halogens is 1. The lowest BCUT2D eigenvalue weighted by Gasteiger charge is -2.16. The Morgan fingerprint density at radius 1 is 1.47 bits per heavy atom. The minimum atomic E-state index is 0.0990. The summed E-state index contributed by atoms with van der Waals surface area (Å²) in [4.78, 5) is 13.5. The van der Waals surface area contributed by atoms with E-state index >= 15 is 0 Å². The third-order valence-electron chi connectivity index (χ3n) is 2.44. The molecule has 1 aliphatic rings. The standard InChI is InChI=1S/C11H12BrNO2/c1-7-2-9(5-10(14)3-7)13-6-8(12)4-11(13)15/h2-3,5,8,14H,4,6H2,1H3. The summed E-state index contributed by atoms with van der Waals surface area (Å²) in [5, 5.41) is 9.46. The zero-order valence-corrected chi connectivity index (χ0v) is 9.99. The number of amides is 1. The maximum absolute atomic E-state index is 11.6. The van der Waals surface area contributed by atoms with Crippen LogP contribution in [0.25, 0.3) is 0 Å². The molecule has 1 atom stereocenters. The van der Waals surface area contributed by atoms with Crippen LogP contribution in [0.1, 0.15) is 12.0 Å². The van der Waals surface area contributed by atoms with Crippen LogP contribution in [-0.4, -0.2) is 22.4 Å². The Balaban J connectivity index is 2.33.